The van der Waals surface area contributed by atoms with Crippen molar-refractivity contribution in [2.75, 3.05) is 29.6 Å². The van der Waals surface area contributed by atoms with Gasteiger partial charge in [0.05, 0.1) is 12.7 Å². The summed E-state index contributed by atoms with van der Waals surface area (Å²) in [6.07, 6.45) is 0.260. The van der Waals surface area contributed by atoms with Gasteiger partial charge in [-0.05, 0) is 42.5 Å². The zero-order chi connectivity index (χ0) is 18.9. The van der Waals surface area contributed by atoms with Crippen LogP contribution >= 0.6 is 0 Å². The van der Waals surface area contributed by atoms with Crippen molar-refractivity contribution in [3.8, 4) is 0 Å². The largest absolute Gasteiger partial charge is 0.465 e. The summed E-state index contributed by atoms with van der Waals surface area (Å²) < 4.78 is 4.68. The van der Waals surface area contributed by atoms with Gasteiger partial charge < -0.3 is 20.7 Å². The van der Waals surface area contributed by atoms with Gasteiger partial charge in [0.2, 0.25) is 11.8 Å². The molecule has 0 spiro atoms. The highest BCUT2D eigenvalue weighted by Gasteiger charge is 2.06. The Morgan fingerprint density at radius 1 is 0.923 bits per heavy atom. The second-order valence-corrected chi connectivity index (χ2v) is 5.56. The van der Waals surface area contributed by atoms with E-state index in [0.717, 1.165) is 5.69 Å². The molecule has 0 atom stereocenters. The van der Waals surface area contributed by atoms with E-state index in [9.17, 15) is 14.4 Å². The molecule has 2 aromatic rings. The van der Waals surface area contributed by atoms with Crippen LogP contribution in [-0.2, 0) is 14.3 Å². The van der Waals surface area contributed by atoms with Crippen LogP contribution in [0.3, 0.4) is 0 Å². The van der Waals surface area contributed by atoms with Crippen molar-refractivity contribution in [1.29, 1.82) is 0 Å². The number of hydrogen-bond donors (Lipinski definition) is 3. The molecule has 0 fully saturated rings. The second-order valence-electron chi connectivity index (χ2n) is 5.56. The Balaban J connectivity index is 1.80. The Bertz CT molecular complexity index is 788. The van der Waals surface area contributed by atoms with Crippen molar-refractivity contribution in [2.45, 2.75) is 13.3 Å². The van der Waals surface area contributed by atoms with E-state index in [2.05, 4.69) is 20.7 Å². The first-order valence-corrected chi connectivity index (χ1v) is 8.07. The zero-order valence-electron chi connectivity index (χ0n) is 14.7. The lowest BCUT2D eigenvalue weighted by atomic mass is 10.2. The van der Waals surface area contributed by atoms with Gasteiger partial charge in [0.1, 0.15) is 0 Å². The number of carbonyl (C=O) groups is 3. The minimum atomic E-state index is -0.408. The molecule has 0 saturated carbocycles. The van der Waals surface area contributed by atoms with Gasteiger partial charge in [-0.2, -0.15) is 0 Å². The third-order valence-electron chi connectivity index (χ3n) is 3.45. The van der Waals surface area contributed by atoms with Crippen molar-refractivity contribution >= 4 is 34.8 Å². The lowest BCUT2D eigenvalue weighted by Crippen LogP contribution is -2.16. The molecule has 2 aromatic carbocycles. The van der Waals surface area contributed by atoms with Crippen LogP contribution in [0, 0.1) is 0 Å². The van der Waals surface area contributed by atoms with E-state index in [4.69, 9.17) is 0 Å². The average Bonchev–Trinajstić information content (AvgIpc) is 2.62. The highest BCUT2D eigenvalue weighted by atomic mass is 16.5. The zero-order valence-corrected chi connectivity index (χ0v) is 14.7. The molecule has 0 unspecified atom stereocenters. The van der Waals surface area contributed by atoms with E-state index in [1.807, 2.05) is 6.07 Å². The van der Waals surface area contributed by atoms with E-state index in [0.29, 0.717) is 23.5 Å². The molecule has 0 radical (unpaired) electrons. The Morgan fingerprint density at radius 3 is 2.19 bits per heavy atom. The monoisotopic (exact) mass is 355 g/mol. The molecule has 136 valence electrons. The van der Waals surface area contributed by atoms with Crippen LogP contribution in [0.5, 0.6) is 0 Å². The van der Waals surface area contributed by atoms with E-state index in [1.165, 1.54) is 14.0 Å². The molecule has 0 aliphatic carbocycles. The number of esters is 1. The summed E-state index contributed by atoms with van der Waals surface area (Å²) in [5.41, 5.74) is 2.50. The van der Waals surface area contributed by atoms with Crippen molar-refractivity contribution in [3.63, 3.8) is 0 Å². The van der Waals surface area contributed by atoms with E-state index >= 15 is 0 Å². The van der Waals surface area contributed by atoms with Gasteiger partial charge in [-0.1, -0.05) is 6.07 Å². The molecular weight excluding hydrogens is 334 g/mol. The number of amides is 2. The fourth-order valence-electron chi connectivity index (χ4n) is 2.26. The second kappa shape index (κ2) is 9.22. The van der Waals surface area contributed by atoms with Gasteiger partial charge in [-0.25, -0.2) is 4.79 Å². The summed E-state index contributed by atoms with van der Waals surface area (Å²) in [6.45, 7) is 1.85. The van der Waals surface area contributed by atoms with Crippen LogP contribution < -0.4 is 16.0 Å². The Labute approximate surface area is 151 Å². The fraction of sp³-hybridized carbons (Fsp3) is 0.211. The molecular formula is C19H21N3O4. The highest BCUT2D eigenvalue weighted by Crippen LogP contribution is 2.14. The molecule has 7 heteroatoms. The normalized spacial score (nSPS) is 9.92. The first-order chi connectivity index (χ1) is 12.5. The molecule has 0 heterocycles. The lowest BCUT2D eigenvalue weighted by Gasteiger charge is -2.09. The summed E-state index contributed by atoms with van der Waals surface area (Å²) in [7, 11) is 1.33. The smallest absolute Gasteiger partial charge is 0.337 e. The summed E-state index contributed by atoms with van der Waals surface area (Å²) in [6, 6.07) is 13.8. The van der Waals surface area contributed by atoms with Crippen LogP contribution in [0.25, 0.3) is 0 Å². The van der Waals surface area contributed by atoms with Crippen LogP contribution in [0.2, 0.25) is 0 Å². The maximum Gasteiger partial charge on any atom is 0.337 e. The van der Waals surface area contributed by atoms with Gasteiger partial charge in [-0.3, -0.25) is 9.59 Å². The van der Waals surface area contributed by atoms with Crippen molar-refractivity contribution in [1.82, 2.24) is 0 Å². The molecule has 7 nitrogen and oxygen atoms in total. The van der Waals surface area contributed by atoms with Crippen molar-refractivity contribution in [2.24, 2.45) is 0 Å². The maximum absolute atomic E-state index is 12.0. The van der Waals surface area contributed by atoms with Gasteiger partial charge in [0.15, 0.2) is 0 Å². The third-order valence-corrected chi connectivity index (χ3v) is 3.45. The molecule has 26 heavy (non-hydrogen) atoms. The molecule has 0 aromatic heterocycles. The number of ether oxygens (including phenoxy) is 1. The Hall–Kier alpha value is -3.35. The van der Waals surface area contributed by atoms with Crippen molar-refractivity contribution in [3.05, 3.63) is 54.1 Å². The van der Waals surface area contributed by atoms with Gasteiger partial charge in [0, 0.05) is 37.0 Å². The van der Waals surface area contributed by atoms with Gasteiger partial charge in [0.25, 0.3) is 0 Å². The van der Waals surface area contributed by atoms with Crippen LogP contribution in [0.4, 0.5) is 17.1 Å². The molecule has 0 aliphatic heterocycles. The standard InChI is InChI=1S/C19H21N3O4/c1-13(23)21-15-6-8-16(9-7-15)22-18(24)10-11-20-17-5-3-4-14(12-17)19(25)26-2/h3-9,12,20H,10-11H2,1-2H3,(H,21,23)(H,22,24). The predicted octanol–water partition coefficient (Wildman–Crippen LogP) is 2.87. The van der Waals surface area contributed by atoms with E-state index in [1.54, 1.807) is 42.5 Å². The molecule has 0 aliphatic rings. The summed E-state index contributed by atoms with van der Waals surface area (Å²) in [5, 5.41) is 8.54. The Morgan fingerprint density at radius 2 is 1.58 bits per heavy atom. The third kappa shape index (κ3) is 5.94. The number of methoxy groups -OCH3 is 1. The number of benzene rings is 2. The van der Waals surface area contributed by atoms with Gasteiger partial charge in [-0.15, -0.1) is 0 Å². The van der Waals surface area contributed by atoms with Gasteiger partial charge >= 0.3 is 5.97 Å². The molecule has 2 rings (SSSR count). The first kappa shape index (κ1) is 19.0. The molecule has 0 saturated heterocycles. The fourth-order valence-corrected chi connectivity index (χ4v) is 2.26. The molecule has 0 bridgehead atoms. The summed E-state index contributed by atoms with van der Waals surface area (Å²) in [4.78, 5) is 34.5. The van der Waals surface area contributed by atoms with Crippen LogP contribution in [-0.4, -0.2) is 31.4 Å². The minimum Gasteiger partial charge on any atom is -0.465 e. The number of anilines is 3. The average molecular weight is 355 g/mol. The van der Waals surface area contributed by atoms with E-state index < -0.39 is 5.97 Å². The lowest BCUT2D eigenvalue weighted by molar-refractivity contribution is -0.116. The topological polar surface area (TPSA) is 96.5 Å². The highest BCUT2D eigenvalue weighted by molar-refractivity contribution is 5.92. The molecule has 3 N–H and O–H groups in total. The quantitative estimate of drug-likeness (QED) is 0.664. The number of nitrogens with one attached hydrogen (secondary N) is 3. The molecule has 2 amide bonds. The predicted molar refractivity (Wildman–Crippen MR) is 100 cm³/mol. The maximum atomic E-state index is 12.0. The first-order valence-electron chi connectivity index (χ1n) is 8.07. The number of hydrogen-bond acceptors (Lipinski definition) is 5. The minimum absolute atomic E-state index is 0.145. The van der Waals surface area contributed by atoms with E-state index in [-0.39, 0.29) is 18.2 Å². The summed E-state index contributed by atoms with van der Waals surface area (Å²) in [5.74, 6) is -0.702. The van der Waals surface area contributed by atoms with Crippen LogP contribution in [0.15, 0.2) is 48.5 Å². The Kier molecular flexibility index (Phi) is 6.73. The SMILES string of the molecule is COC(=O)c1cccc(NCCC(=O)Nc2ccc(NC(C)=O)cc2)c1. The summed E-state index contributed by atoms with van der Waals surface area (Å²) >= 11 is 0. The number of rotatable bonds is 7. The van der Waals surface area contributed by atoms with Crippen molar-refractivity contribution < 1.29 is 19.1 Å². The number of carbonyl (C=O) groups excluding carboxylic acids is 3. The van der Waals surface area contributed by atoms with Crippen LogP contribution in [0.1, 0.15) is 23.7 Å².